The van der Waals surface area contributed by atoms with Gasteiger partial charge in [0.25, 0.3) is 0 Å². The Labute approximate surface area is 85.3 Å². The molecule has 0 aromatic rings. The van der Waals surface area contributed by atoms with E-state index in [0.717, 1.165) is 0 Å². The van der Waals surface area contributed by atoms with E-state index in [1.165, 1.54) is 58.0 Å². The first-order valence-corrected chi connectivity index (χ1v) is 5.62. The average Bonchev–Trinajstić information content (AvgIpc) is 2.62. The van der Waals surface area contributed by atoms with Crippen molar-refractivity contribution < 1.29 is 0 Å². The molecule has 1 aliphatic rings. The van der Waals surface area contributed by atoms with E-state index < -0.39 is 0 Å². The van der Waals surface area contributed by atoms with Gasteiger partial charge < -0.3 is 5.32 Å². The van der Waals surface area contributed by atoms with Crippen LogP contribution in [-0.2, 0) is 0 Å². The number of unbranched alkanes of at least 4 members (excludes halogenated alkanes) is 4. The Hall–Kier alpha value is -0.0400. The Bertz CT molecular complexity index is 55.9. The summed E-state index contributed by atoms with van der Waals surface area (Å²) >= 11 is 0. The summed E-state index contributed by atoms with van der Waals surface area (Å²) in [5, 5.41) is 3.22. The summed E-state index contributed by atoms with van der Waals surface area (Å²) in [7, 11) is 0. The lowest BCUT2D eigenvalue weighted by Crippen LogP contribution is -2.03. The number of rotatable bonds is 4. The van der Waals surface area contributed by atoms with Crippen molar-refractivity contribution in [1.82, 2.24) is 5.32 Å². The first-order valence-electron chi connectivity index (χ1n) is 5.62. The molecule has 1 fully saturated rings. The van der Waals surface area contributed by atoms with E-state index in [9.17, 15) is 0 Å². The van der Waals surface area contributed by atoms with Gasteiger partial charge in [-0.2, -0.15) is 0 Å². The van der Waals surface area contributed by atoms with Crippen molar-refractivity contribution in [3.63, 3.8) is 0 Å². The second-order valence-corrected chi connectivity index (χ2v) is 3.52. The fourth-order valence-corrected chi connectivity index (χ4v) is 1.30. The zero-order valence-corrected chi connectivity index (χ0v) is 8.86. The zero-order valence-electron chi connectivity index (χ0n) is 8.86. The number of nitrogens with one attached hydrogen (secondary N) is 1. The van der Waals surface area contributed by atoms with Gasteiger partial charge in [0.2, 0.25) is 0 Å². The third-order valence-electron chi connectivity index (χ3n) is 2.16. The Morgan fingerprint density at radius 3 is 1.54 bits per heavy atom. The minimum atomic E-state index is 0. The molecule has 13 heavy (non-hydrogen) atoms. The minimum Gasteiger partial charge on any atom is -0.317 e. The largest absolute Gasteiger partial charge is 0.317 e. The first kappa shape index (κ1) is 15.4. The molecule has 1 rings (SSSR count). The van der Waals surface area contributed by atoms with E-state index in [-0.39, 0.29) is 7.43 Å². The van der Waals surface area contributed by atoms with E-state index in [0.29, 0.717) is 0 Å². The van der Waals surface area contributed by atoms with Gasteiger partial charge in [0.15, 0.2) is 0 Å². The van der Waals surface area contributed by atoms with E-state index in [1.54, 1.807) is 0 Å². The Morgan fingerprint density at radius 2 is 1.31 bits per heavy atom. The van der Waals surface area contributed by atoms with Crippen LogP contribution in [0.1, 0.15) is 66.2 Å². The summed E-state index contributed by atoms with van der Waals surface area (Å²) in [5.41, 5.74) is 0. The van der Waals surface area contributed by atoms with Gasteiger partial charge in [-0.05, 0) is 25.9 Å². The molecule has 1 N–H and O–H groups in total. The zero-order chi connectivity index (χ0) is 9.07. The van der Waals surface area contributed by atoms with Gasteiger partial charge in [-0.25, -0.2) is 0 Å². The van der Waals surface area contributed by atoms with Crippen LogP contribution in [0.2, 0.25) is 0 Å². The van der Waals surface area contributed by atoms with E-state index in [4.69, 9.17) is 0 Å². The molecule has 0 aliphatic carbocycles. The van der Waals surface area contributed by atoms with Crippen molar-refractivity contribution in [2.45, 2.75) is 66.2 Å². The molecular weight excluding hydrogens is 158 g/mol. The fourth-order valence-electron chi connectivity index (χ4n) is 1.30. The summed E-state index contributed by atoms with van der Waals surface area (Å²) in [4.78, 5) is 0. The molecule has 0 unspecified atom stereocenters. The van der Waals surface area contributed by atoms with Crippen LogP contribution < -0.4 is 5.32 Å². The highest BCUT2D eigenvalue weighted by atomic mass is 14.9. The van der Waals surface area contributed by atoms with Gasteiger partial charge in [0.05, 0.1) is 0 Å². The molecule has 0 radical (unpaired) electrons. The van der Waals surface area contributed by atoms with E-state index >= 15 is 0 Å². The quantitative estimate of drug-likeness (QED) is 0.656. The van der Waals surface area contributed by atoms with Crippen molar-refractivity contribution in [2.24, 2.45) is 0 Å². The Kier molecular flexibility index (Phi) is 17.2. The van der Waals surface area contributed by atoms with Crippen molar-refractivity contribution in [3.8, 4) is 0 Å². The average molecular weight is 187 g/mol. The second kappa shape index (κ2) is 14.5. The highest BCUT2D eigenvalue weighted by Gasteiger charge is 1.93. The first-order chi connectivity index (χ1) is 5.91. The van der Waals surface area contributed by atoms with Gasteiger partial charge in [-0.1, -0.05) is 53.4 Å². The van der Waals surface area contributed by atoms with Crippen LogP contribution >= 0.6 is 0 Å². The highest BCUT2D eigenvalue weighted by Crippen LogP contribution is 2.00. The standard InChI is InChI=1S/C7H16.C4H9N.CH4/c1-3-5-7-6-4-2;1-2-4-5-3-1;/h3-7H2,1-2H3;5H,1-4H2;1H4. The van der Waals surface area contributed by atoms with Crippen LogP contribution in [0.3, 0.4) is 0 Å². The van der Waals surface area contributed by atoms with Crippen molar-refractivity contribution in [2.75, 3.05) is 13.1 Å². The Balaban J connectivity index is 0. The van der Waals surface area contributed by atoms with Crippen molar-refractivity contribution in [3.05, 3.63) is 0 Å². The smallest absolute Gasteiger partial charge is 0.00484 e. The van der Waals surface area contributed by atoms with Crippen molar-refractivity contribution >= 4 is 0 Å². The molecule has 1 nitrogen and oxygen atoms in total. The molecule has 0 saturated carbocycles. The number of hydrogen-bond acceptors (Lipinski definition) is 1. The van der Waals surface area contributed by atoms with Gasteiger partial charge in [-0.3, -0.25) is 0 Å². The van der Waals surface area contributed by atoms with Gasteiger partial charge in [0, 0.05) is 0 Å². The van der Waals surface area contributed by atoms with Crippen LogP contribution in [0.15, 0.2) is 0 Å². The van der Waals surface area contributed by atoms with Crippen LogP contribution in [-0.4, -0.2) is 13.1 Å². The normalized spacial score (nSPS) is 14.3. The summed E-state index contributed by atoms with van der Waals surface area (Å²) in [5.74, 6) is 0. The molecule has 0 bridgehead atoms. The predicted molar refractivity (Wildman–Crippen MR) is 63.3 cm³/mol. The molecule has 0 aromatic heterocycles. The van der Waals surface area contributed by atoms with E-state index in [2.05, 4.69) is 19.2 Å². The maximum Gasteiger partial charge on any atom is -0.00484 e. The summed E-state index contributed by atoms with van der Waals surface area (Å²) in [6.07, 6.45) is 9.79. The third-order valence-corrected chi connectivity index (χ3v) is 2.16. The molecule has 0 amide bonds. The molecule has 0 aromatic carbocycles. The van der Waals surface area contributed by atoms with Crippen LogP contribution in [0.25, 0.3) is 0 Å². The monoisotopic (exact) mass is 187 g/mol. The SMILES string of the molecule is C.C1CCNC1.CCCCCCC. The highest BCUT2D eigenvalue weighted by molar-refractivity contribution is 4.55. The van der Waals surface area contributed by atoms with E-state index in [1.807, 2.05) is 0 Å². The predicted octanol–water partition coefficient (Wildman–Crippen LogP) is 3.98. The van der Waals surface area contributed by atoms with Crippen LogP contribution in [0.5, 0.6) is 0 Å². The summed E-state index contributed by atoms with van der Waals surface area (Å²) in [6.45, 7) is 6.99. The van der Waals surface area contributed by atoms with Crippen LogP contribution in [0, 0.1) is 0 Å². The topological polar surface area (TPSA) is 12.0 Å². The second-order valence-electron chi connectivity index (χ2n) is 3.52. The third kappa shape index (κ3) is 14.8. The molecule has 1 aliphatic heterocycles. The molecule has 1 saturated heterocycles. The fraction of sp³-hybridized carbons (Fsp3) is 1.00. The van der Waals surface area contributed by atoms with Gasteiger partial charge in [0.1, 0.15) is 0 Å². The van der Waals surface area contributed by atoms with Crippen LogP contribution in [0.4, 0.5) is 0 Å². The molecule has 82 valence electrons. The maximum absolute atomic E-state index is 3.22. The maximum atomic E-state index is 3.22. The lowest BCUT2D eigenvalue weighted by molar-refractivity contribution is 0.656. The van der Waals surface area contributed by atoms with Gasteiger partial charge >= 0.3 is 0 Å². The molecule has 0 spiro atoms. The molecule has 0 atom stereocenters. The minimum absolute atomic E-state index is 0. The number of hydrogen-bond donors (Lipinski definition) is 1. The summed E-state index contributed by atoms with van der Waals surface area (Å²) < 4.78 is 0. The molecular formula is C12H29N. The van der Waals surface area contributed by atoms with Crippen molar-refractivity contribution in [1.29, 1.82) is 0 Å². The molecule has 1 heterocycles. The van der Waals surface area contributed by atoms with Gasteiger partial charge in [-0.15, -0.1) is 0 Å². The summed E-state index contributed by atoms with van der Waals surface area (Å²) in [6, 6.07) is 0. The lowest BCUT2D eigenvalue weighted by Gasteiger charge is -1.90. The lowest BCUT2D eigenvalue weighted by atomic mass is 10.2. The molecule has 1 heteroatoms. The Morgan fingerprint density at radius 1 is 0.846 bits per heavy atom.